The minimum atomic E-state index is 0.460. The van der Waals surface area contributed by atoms with E-state index in [1.54, 1.807) is 0 Å². The fourth-order valence-corrected chi connectivity index (χ4v) is 4.63. The van der Waals surface area contributed by atoms with Crippen molar-refractivity contribution in [2.24, 2.45) is 23.7 Å². The normalized spacial score (nSPS) is 40.8. The van der Waals surface area contributed by atoms with E-state index in [-0.39, 0.29) is 0 Å². The largest absolute Gasteiger partial charge is 0.378 e. The monoisotopic (exact) mass is 278 g/mol. The Kier molecular flexibility index (Phi) is 4.80. The molecule has 1 saturated heterocycles. The molecular weight excluding hydrogens is 248 g/mol. The highest BCUT2D eigenvalue weighted by Crippen LogP contribution is 2.39. The molecule has 1 heterocycles. The highest BCUT2D eigenvalue weighted by Gasteiger charge is 2.34. The molecule has 0 N–H and O–H groups in total. The van der Waals surface area contributed by atoms with Gasteiger partial charge in [0.25, 0.3) is 0 Å². The molecule has 2 saturated carbocycles. The Morgan fingerprint density at radius 3 is 2.05 bits per heavy atom. The number of carbonyl (C=O) groups is 1. The first-order chi connectivity index (χ1) is 9.72. The maximum Gasteiger partial charge on any atom is 0.132 e. The van der Waals surface area contributed by atoms with Crippen LogP contribution < -0.4 is 0 Å². The summed E-state index contributed by atoms with van der Waals surface area (Å²) < 4.78 is 6.23. The molecule has 114 valence electrons. The molecule has 0 spiro atoms. The summed E-state index contributed by atoms with van der Waals surface area (Å²) in [5.74, 6) is 3.83. The number of carbonyl (C=O) groups excluding carboxylic acids is 1. The average molecular weight is 278 g/mol. The van der Waals surface area contributed by atoms with Crippen molar-refractivity contribution in [2.75, 3.05) is 6.61 Å². The van der Waals surface area contributed by atoms with Gasteiger partial charge in [0.2, 0.25) is 0 Å². The van der Waals surface area contributed by atoms with Crippen LogP contribution in [0.15, 0.2) is 0 Å². The van der Waals surface area contributed by atoms with Gasteiger partial charge < -0.3 is 4.74 Å². The highest BCUT2D eigenvalue weighted by atomic mass is 16.5. The van der Waals surface area contributed by atoms with Gasteiger partial charge in [-0.1, -0.05) is 19.8 Å². The molecule has 20 heavy (non-hydrogen) atoms. The highest BCUT2D eigenvalue weighted by molar-refractivity contribution is 5.79. The van der Waals surface area contributed by atoms with Gasteiger partial charge in [-0.3, -0.25) is 4.79 Å². The molecule has 3 fully saturated rings. The fourth-order valence-electron chi connectivity index (χ4n) is 4.63. The van der Waals surface area contributed by atoms with Crippen LogP contribution in [0.2, 0.25) is 0 Å². The fraction of sp³-hybridized carbons (Fsp3) is 0.944. The minimum absolute atomic E-state index is 0.460. The van der Waals surface area contributed by atoms with Crippen molar-refractivity contribution in [3.8, 4) is 0 Å². The lowest BCUT2D eigenvalue weighted by Gasteiger charge is -2.40. The molecule has 3 aliphatic rings. The Morgan fingerprint density at radius 1 is 0.800 bits per heavy atom. The Morgan fingerprint density at radius 2 is 1.45 bits per heavy atom. The third kappa shape index (κ3) is 3.44. The molecule has 2 aliphatic carbocycles. The molecule has 0 aromatic carbocycles. The molecule has 0 aromatic heterocycles. The Labute approximate surface area is 123 Å². The smallest absolute Gasteiger partial charge is 0.132 e. The van der Waals surface area contributed by atoms with Crippen LogP contribution in [0.4, 0.5) is 0 Å². The van der Waals surface area contributed by atoms with E-state index in [4.69, 9.17) is 4.74 Å². The van der Waals surface area contributed by atoms with E-state index in [0.29, 0.717) is 17.8 Å². The molecule has 0 radical (unpaired) electrons. The van der Waals surface area contributed by atoms with Gasteiger partial charge in [0.15, 0.2) is 0 Å². The first-order valence-corrected chi connectivity index (χ1v) is 8.85. The molecule has 2 heteroatoms. The topological polar surface area (TPSA) is 26.3 Å². The second-order valence-electron chi connectivity index (χ2n) is 7.61. The molecule has 0 bridgehead atoms. The van der Waals surface area contributed by atoms with E-state index in [0.717, 1.165) is 50.0 Å². The van der Waals surface area contributed by atoms with Crippen LogP contribution in [0.5, 0.6) is 0 Å². The molecule has 3 rings (SSSR count). The molecule has 1 aliphatic heterocycles. The lowest BCUT2D eigenvalue weighted by atomic mass is 9.73. The van der Waals surface area contributed by atoms with Gasteiger partial charge in [-0.25, -0.2) is 0 Å². The first-order valence-electron chi connectivity index (χ1n) is 8.85. The number of ketones is 1. The van der Waals surface area contributed by atoms with Gasteiger partial charge in [-0.05, 0) is 62.2 Å². The third-order valence-corrected chi connectivity index (χ3v) is 6.19. The van der Waals surface area contributed by atoms with Crippen LogP contribution in [0, 0.1) is 23.7 Å². The van der Waals surface area contributed by atoms with Crippen LogP contribution in [-0.4, -0.2) is 18.5 Å². The molecule has 2 unspecified atom stereocenters. The quantitative estimate of drug-likeness (QED) is 0.750. The van der Waals surface area contributed by atoms with E-state index >= 15 is 0 Å². The molecule has 0 aromatic rings. The summed E-state index contributed by atoms with van der Waals surface area (Å²) >= 11 is 0. The standard InChI is InChI=1S/C18H30O2/c1-13-2-4-14(5-3-13)16-8-11-18(20-12-16)15-6-9-17(19)10-7-15/h13-16,18H,2-12H2,1H3. The SMILES string of the molecule is CC1CCC(C2CCC(C3CCC(=O)CC3)OC2)CC1. The van der Waals surface area contributed by atoms with Gasteiger partial charge in [0.1, 0.15) is 5.78 Å². The van der Waals surface area contributed by atoms with Gasteiger partial charge in [0.05, 0.1) is 12.7 Å². The van der Waals surface area contributed by atoms with E-state index in [9.17, 15) is 4.79 Å². The summed E-state index contributed by atoms with van der Waals surface area (Å²) in [5, 5.41) is 0. The van der Waals surface area contributed by atoms with Gasteiger partial charge in [0, 0.05) is 12.8 Å². The number of ether oxygens (including phenoxy) is 1. The Hall–Kier alpha value is -0.370. The van der Waals surface area contributed by atoms with Crippen molar-refractivity contribution in [2.45, 2.75) is 77.2 Å². The lowest BCUT2D eigenvalue weighted by Crippen LogP contribution is -2.37. The van der Waals surface area contributed by atoms with E-state index < -0.39 is 0 Å². The minimum Gasteiger partial charge on any atom is -0.378 e. The maximum atomic E-state index is 11.3. The van der Waals surface area contributed by atoms with Crippen molar-refractivity contribution in [3.05, 3.63) is 0 Å². The van der Waals surface area contributed by atoms with Crippen LogP contribution in [-0.2, 0) is 9.53 Å². The van der Waals surface area contributed by atoms with Gasteiger partial charge in [-0.15, -0.1) is 0 Å². The zero-order valence-electron chi connectivity index (χ0n) is 13.0. The second kappa shape index (κ2) is 6.60. The summed E-state index contributed by atoms with van der Waals surface area (Å²) in [6, 6.07) is 0. The van der Waals surface area contributed by atoms with Gasteiger partial charge >= 0.3 is 0 Å². The summed E-state index contributed by atoms with van der Waals surface area (Å²) in [6.07, 6.45) is 12.5. The van der Waals surface area contributed by atoms with E-state index in [2.05, 4.69) is 6.92 Å². The van der Waals surface area contributed by atoms with E-state index in [1.165, 1.54) is 38.5 Å². The summed E-state index contributed by atoms with van der Waals surface area (Å²) in [4.78, 5) is 11.3. The summed E-state index contributed by atoms with van der Waals surface area (Å²) in [6.45, 7) is 3.39. The first kappa shape index (κ1) is 14.6. The molecule has 2 nitrogen and oxygen atoms in total. The predicted octanol–water partition coefficient (Wildman–Crippen LogP) is 4.37. The zero-order chi connectivity index (χ0) is 13.9. The zero-order valence-corrected chi connectivity index (χ0v) is 13.0. The lowest BCUT2D eigenvalue weighted by molar-refractivity contribution is -0.123. The molecule has 0 amide bonds. The van der Waals surface area contributed by atoms with E-state index in [1.807, 2.05) is 0 Å². The Bertz CT molecular complexity index is 312. The number of Topliss-reactive ketones (excluding diaryl/α,β-unsaturated/α-hetero) is 1. The third-order valence-electron chi connectivity index (χ3n) is 6.19. The van der Waals surface area contributed by atoms with Crippen LogP contribution >= 0.6 is 0 Å². The van der Waals surface area contributed by atoms with Crippen LogP contribution in [0.3, 0.4) is 0 Å². The van der Waals surface area contributed by atoms with Crippen LogP contribution in [0.25, 0.3) is 0 Å². The Balaban J connectivity index is 1.44. The van der Waals surface area contributed by atoms with Crippen molar-refractivity contribution in [1.29, 1.82) is 0 Å². The molecule has 2 atom stereocenters. The molecular formula is C18H30O2. The van der Waals surface area contributed by atoms with Crippen LogP contribution in [0.1, 0.15) is 71.1 Å². The average Bonchev–Trinajstić information content (AvgIpc) is 2.49. The summed E-state index contributed by atoms with van der Waals surface area (Å²) in [7, 11) is 0. The van der Waals surface area contributed by atoms with Crippen molar-refractivity contribution >= 4 is 5.78 Å². The van der Waals surface area contributed by atoms with Crippen molar-refractivity contribution in [1.82, 2.24) is 0 Å². The van der Waals surface area contributed by atoms with Crippen molar-refractivity contribution in [3.63, 3.8) is 0 Å². The van der Waals surface area contributed by atoms with Gasteiger partial charge in [-0.2, -0.15) is 0 Å². The van der Waals surface area contributed by atoms with Crippen molar-refractivity contribution < 1.29 is 9.53 Å². The summed E-state index contributed by atoms with van der Waals surface area (Å²) in [5.41, 5.74) is 0. The number of rotatable bonds is 2. The number of hydrogen-bond donors (Lipinski definition) is 0. The maximum absolute atomic E-state index is 11.3. The predicted molar refractivity (Wildman–Crippen MR) is 80.6 cm³/mol. The number of hydrogen-bond acceptors (Lipinski definition) is 2. The second-order valence-corrected chi connectivity index (χ2v) is 7.61.